The molecule has 0 aromatic carbocycles. The van der Waals surface area contributed by atoms with E-state index in [0.29, 0.717) is 5.69 Å². The maximum atomic E-state index is 12.7. The van der Waals surface area contributed by atoms with Crippen molar-refractivity contribution in [2.45, 2.75) is 32.0 Å². The average Bonchev–Trinajstić information content (AvgIpc) is 2.60. The highest BCUT2D eigenvalue weighted by Gasteiger charge is 2.44. The number of amides is 1. The summed E-state index contributed by atoms with van der Waals surface area (Å²) in [5, 5.41) is 14.6. The number of nitrogens with one attached hydrogen (secondary N) is 1. The molecule has 0 aliphatic carbocycles. The summed E-state index contributed by atoms with van der Waals surface area (Å²) in [6.07, 6.45) is -5.81. The molecule has 1 aromatic heterocycles. The van der Waals surface area contributed by atoms with Crippen molar-refractivity contribution in [3.63, 3.8) is 0 Å². The Morgan fingerprint density at radius 3 is 2.61 bits per heavy atom. The number of nitrogens with zero attached hydrogens (tertiary/aromatic N) is 2. The van der Waals surface area contributed by atoms with Gasteiger partial charge in [0.1, 0.15) is 0 Å². The summed E-state index contributed by atoms with van der Waals surface area (Å²) in [6, 6.07) is 0. The molecular weight excluding hydrogens is 251 g/mol. The zero-order valence-electron chi connectivity index (χ0n) is 9.80. The van der Waals surface area contributed by atoms with Gasteiger partial charge in [-0.2, -0.15) is 18.3 Å². The molecule has 2 heterocycles. The highest BCUT2D eigenvalue weighted by molar-refractivity contribution is 5.66. The normalized spacial score (nSPS) is 18.6. The van der Waals surface area contributed by atoms with Crippen LogP contribution in [0.3, 0.4) is 0 Å². The number of hydrogen-bond donors (Lipinski definition) is 2. The van der Waals surface area contributed by atoms with Crippen molar-refractivity contribution in [2.24, 2.45) is 0 Å². The van der Waals surface area contributed by atoms with Crippen molar-refractivity contribution in [2.75, 3.05) is 6.54 Å². The largest absolute Gasteiger partial charge is 0.465 e. The molecule has 0 saturated carbocycles. The monoisotopic (exact) mass is 263 g/mol. The molecule has 0 atom stereocenters. The van der Waals surface area contributed by atoms with Crippen LogP contribution in [0, 0.1) is 0 Å². The Bertz CT molecular complexity index is 480. The Kier molecular flexibility index (Phi) is 2.56. The van der Waals surface area contributed by atoms with Crippen LogP contribution in [0.25, 0.3) is 0 Å². The summed E-state index contributed by atoms with van der Waals surface area (Å²) in [4.78, 5) is 11.9. The number of carboxylic acid groups (broad SMARTS) is 1. The lowest BCUT2D eigenvalue weighted by molar-refractivity contribution is -0.142. The highest BCUT2D eigenvalue weighted by atomic mass is 19.4. The van der Waals surface area contributed by atoms with Crippen LogP contribution in [0.15, 0.2) is 0 Å². The van der Waals surface area contributed by atoms with Crippen molar-refractivity contribution in [3.05, 3.63) is 17.0 Å². The fourth-order valence-electron chi connectivity index (χ4n) is 2.25. The van der Waals surface area contributed by atoms with Crippen molar-refractivity contribution >= 4 is 6.09 Å². The number of halogens is 3. The van der Waals surface area contributed by atoms with E-state index in [4.69, 9.17) is 5.11 Å². The minimum absolute atomic E-state index is 0.0823. The van der Waals surface area contributed by atoms with Crippen molar-refractivity contribution < 1.29 is 23.1 Å². The zero-order valence-corrected chi connectivity index (χ0v) is 9.80. The van der Waals surface area contributed by atoms with Gasteiger partial charge in [0.15, 0.2) is 5.69 Å². The molecule has 1 amide bonds. The predicted molar refractivity (Wildman–Crippen MR) is 55.1 cm³/mol. The van der Waals surface area contributed by atoms with E-state index in [0.717, 1.165) is 4.90 Å². The zero-order chi connectivity index (χ0) is 13.7. The van der Waals surface area contributed by atoms with Gasteiger partial charge in [-0.25, -0.2) is 4.79 Å². The smallest absolute Gasteiger partial charge is 0.435 e. The molecule has 1 aliphatic rings. The summed E-state index contributed by atoms with van der Waals surface area (Å²) < 4.78 is 38.2. The predicted octanol–water partition coefficient (Wildman–Crippen LogP) is 2.20. The Hall–Kier alpha value is -1.73. The van der Waals surface area contributed by atoms with Crippen LogP contribution >= 0.6 is 0 Å². The molecule has 0 saturated heterocycles. The lowest BCUT2D eigenvalue weighted by Crippen LogP contribution is -2.44. The van der Waals surface area contributed by atoms with E-state index < -0.39 is 23.4 Å². The maximum absolute atomic E-state index is 12.7. The number of rotatable bonds is 0. The van der Waals surface area contributed by atoms with Gasteiger partial charge >= 0.3 is 12.3 Å². The van der Waals surface area contributed by atoms with E-state index in [9.17, 15) is 18.0 Å². The number of carbonyl (C=O) groups is 1. The number of hydrogen-bond acceptors (Lipinski definition) is 2. The summed E-state index contributed by atoms with van der Waals surface area (Å²) in [5.74, 6) is 0. The minimum Gasteiger partial charge on any atom is -0.465 e. The Morgan fingerprint density at radius 1 is 1.50 bits per heavy atom. The van der Waals surface area contributed by atoms with Gasteiger partial charge in [-0.05, 0) is 0 Å². The van der Waals surface area contributed by atoms with Gasteiger partial charge in [-0.1, -0.05) is 13.8 Å². The second-order valence-corrected chi connectivity index (χ2v) is 4.95. The number of fused-ring (bicyclic) bond motifs is 1. The standard InChI is InChI=1S/C10H12F3N3O2/c1-9(2)4-16(8(17)18)3-5-6(9)14-15-7(5)10(11,12)13/h3-4H2,1-2H3,(H,14,15)(H,17,18). The molecule has 0 radical (unpaired) electrons. The van der Waals surface area contributed by atoms with Gasteiger partial charge < -0.3 is 10.0 Å². The third-order valence-electron chi connectivity index (χ3n) is 3.02. The molecule has 0 fully saturated rings. The third-order valence-corrected chi connectivity index (χ3v) is 3.02. The van der Waals surface area contributed by atoms with Crippen LogP contribution in [0.2, 0.25) is 0 Å². The Labute approximate surface area is 101 Å². The lowest BCUT2D eigenvalue weighted by atomic mass is 9.82. The van der Waals surface area contributed by atoms with Crippen LogP contribution in [0.1, 0.15) is 30.8 Å². The summed E-state index contributed by atoms with van der Waals surface area (Å²) >= 11 is 0. The minimum atomic E-state index is -4.58. The number of H-pyrrole nitrogens is 1. The van der Waals surface area contributed by atoms with Crippen LogP contribution in [-0.2, 0) is 18.1 Å². The maximum Gasteiger partial charge on any atom is 0.435 e. The van der Waals surface area contributed by atoms with E-state index in [2.05, 4.69) is 10.2 Å². The molecule has 1 aliphatic heterocycles. The average molecular weight is 263 g/mol. The van der Waals surface area contributed by atoms with E-state index in [1.165, 1.54) is 0 Å². The van der Waals surface area contributed by atoms with E-state index in [-0.39, 0.29) is 18.7 Å². The SMILES string of the molecule is CC1(C)CN(C(=O)O)Cc2c(C(F)(F)F)n[nH]c21. The fraction of sp³-hybridized carbons (Fsp3) is 0.600. The number of alkyl halides is 3. The molecule has 18 heavy (non-hydrogen) atoms. The highest BCUT2D eigenvalue weighted by Crippen LogP contribution is 2.39. The first kappa shape index (κ1) is 12.7. The van der Waals surface area contributed by atoms with Crippen LogP contribution in [-0.4, -0.2) is 32.8 Å². The number of aromatic nitrogens is 2. The summed E-state index contributed by atoms with van der Waals surface area (Å²) in [6.45, 7) is 3.20. The quantitative estimate of drug-likeness (QED) is 0.753. The first-order valence-corrected chi connectivity index (χ1v) is 5.26. The van der Waals surface area contributed by atoms with Crippen molar-refractivity contribution in [3.8, 4) is 0 Å². The molecule has 5 nitrogen and oxygen atoms in total. The van der Waals surface area contributed by atoms with E-state index >= 15 is 0 Å². The molecule has 8 heteroatoms. The molecule has 0 spiro atoms. The van der Waals surface area contributed by atoms with Crippen molar-refractivity contribution in [1.82, 2.24) is 15.1 Å². The second-order valence-electron chi connectivity index (χ2n) is 4.95. The molecule has 2 N–H and O–H groups in total. The number of aromatic amines is 1. The van der Waals surface area contributed by atoms with Crippen LogP contribution < -0.4 is 0 Å². The van der Waals surface area contributed by atoms with Gasteiger partial charge in [0.05, 0.1) is 6.54 Å². The Balaban J connectivity index is 2.52. The van der Waals surface area contributed by atoms with E-state index in [1.54, 1.807) is 13.8 Å². The van der Waals surface area contributed by atoms with Gasteiger partial charge in [0.25, 0.3) is 0 Å². The second kappa shape index (κ2) is 3.63. The molecule has 100 valence electrons. The third kappa shape index (κ3) is 1.91. The first-order chi connectivity index (χ1) is 8.13. The van der Waals surface area contributed by atoms with Crippen LogP contribution in [0.5, 0.6) is 0 Å². The molecule has 0 bridgehead atoms. The van der Waals surface area contributed by atoms with E-state index in [1.807, 2.05) is 0 Å². The van der Waals surface area contributed by atoms with Gasteiger partial charge in [-0.3, -0.25) is 5.10 Å². The molecular formula is C10H12F3N3O2. The van der Waals surface area contributed by atoms with Gasteiger partial charge in [0, 0.05) is 23.2 Å². The molecule has 1 aromatic rings. The lowest BCUT2D eigenvalue weighted by Gasteiger charge is -2.36. The fourth-order valence-corrected chi connectivity index (χ4v) is 2.25. The van der Waals surface area contributed by atoms with Crippen LogP contribution in [0.4, 0.5) is 18.0 Å². The topological polar surface area (TPSA) is 69.2 Å². The first-order valence-electron chi connectivity index (χ1n) is 5.26. The molecule has 2 rings (SSSR count). The summed E-state index contributed by atoms with van der Waals surface area (Å²) in [5.41, 5.74) is -1.48. The molecule has 0 unspecified atom stereocenters. The summed E-state index contributed by atoms with van der Waals surface area (Å²) in [7, 11) is 0. The van der Waals surface area contributed by atoms with Gasteiger partial charge in [0.2, 0.25) is 0 Å². The Morgan fingerprint density at radius 2 is 2.11 bits per heavy atom. The van der Waals surface area contributed by atoms with Crippen molar-refractivity contribution in [1.29, 1.82) is 0 Å². The van der Waals surface area contributed by atoms with Gasteiger partial charge in [-0.15, -0.1) is 0 Å².